The second kappa shape index (κ2) is 6.41. The number of hydrogen-bond acceptors (Lipinski definition) is 3. The molecule has 0 aromatic heterocycles. The molecular weight excluding hydrogens is 297 g/mol. The largest absolute Gasteiger partial charge is 0.401 e. The lowest BCUT2D eigenvalue weighted by molar-refractivity contribution is -0.384. The summed E-state index contributed by atoms with van der Waals surface area (Å²) in [5.74, 6) is 0. The van der Waals surface area contributed by atoms with Crippen LogP contribution in [0.2, 0.25) is 5.02 Å². The average molecular weight is 311 g/mol. The number of non-ortho nitro benzene ring substituents is 1. The predicted octanol–water partition coefficient (Wildman–Crippen LogP) is 4.02. The number of alkyl halides is 3. The number of benzene rings is 1. The first-order valence-electron chi connectivity index (χ1n) is 5.84. The minimum absolute atomic E-state index is 0.0995. The van der Waals surface area contributed by atoms with Gasteiger partial charge in [-0.05, 0) is 25.5 Å². The second-order valence-corrected chi connectivity index (χ2v) is 5.05. The van der Waals surface area contributed by atoms with Gasteiger partial charge in [0, 0.05) is 29.7 Å². The molecule has 0 aliphatic rings. The van der Waals surface area contributed by atoms with Crippen LogP contribution in [0.15, 0.2) is 18.2 Å². The van der Waals surface area contributed by atoms with Gasteiger partial charge in [-0.25, -0.2) is 0 Å². The van der Waals surface area contributed by atoms with Crippen molar-refractivity contribution in [1.82, 2.24) is 4.90 Å². The van der Waals surface area contributed by atoms with Crippen LogP contribution in [-0.4, -0.2) is 28.6 Å². The number of hydrogen-bond donors (Lipinski definition) is 0. The molecule has 8 heteroatoms. The number of halogens is 4. The summed E-state index contributed by atoms with van der Waals surface area (Å²) < 4.78 is 37.5. The first kappa shape index (κ1) is 16.7. The van der Waals surface area contributed by atoms with E-state index < -0.39 is 17.6 Å². The number of nitro benzene ring substituents is 1. The zero-order valence-electron chi connectivity index (χ0n) is 10.9. The predicted molar refractivity (Wildman–Crippen MR) is 69.7 cm³/mol. The van der Waals surface area contributed by atoms with E-state index in [9.17, 15) is 23.3 Å². The highest BCUT2D eigenvalue weighted by molar-refractivity contribution is 6.31. The topological polar surface area (TPSA) is 46.4 Å². The Labute approximate surface area is 119 Å². The number of rotatable bonds is 5. The van der Waals surface area contributed by atoms with Gasteiger partial charge >= 0.3 is 6.18 Å². The van der Waals surface area contributed by atoms with Crippen molar-refractivity contribution in [1.29, 1.82) is 0 Å². The molecule has 112 valence electrons. The zero-order chi connectivity index (χ0) is 15.5. The van der Waals surface area contributed by atoms with Crippen molar-refractivity contribution < 1.29 is 18.1 Å². The fourth-order valence-electron chi connectivity index (χ4n) is 1.67. The summed E-state index contributed by atoms with van der Waals surface area (Å²) in [5.41, 5.74) is 0.110. The van der Waals surface area contributed by atoms with Crippen LogP contribution in [0.1, 0.15) is 19.4 Å². The zero-order valence-corrected chi connectivity index (χ0v) is 11.7. The van der Waals surface area contributed by atoms with Gasteiger partial charge in [0.15, 0.2) is 0 Å². The van der Waals surface area contributed by atoms with Crippen LogP contribution in [0.5, 0.6) is 0 Å². The molecule has 0 spiro atoms. The normalized spacial score (nSPS) is 12.2. The Morgan fingerprint density at radius 3 is 2.45 bits per heavy atom. The van der Waals surface area contributed by atoms with Gasteiger partial charge in [-0.3, -0.25) is 15.0 Å². The van der Waals surface area contributed by atoms with Crippen molar-refractivity contribution in [3.8, 4) is 0 Å². The average Bonchev–Trinajstić information content (AvgIpc) is 2.28. The maximum Gasteiger partial charge on any atom is 0.401 e. The molecule has 1 rings (SSSR count). The van der Waals surface area contributed by atoms with Gasteiger partial charge in [-0.1, -0.05) is 11.6 Å². The Balaban J connectivity index is 2.99. The quantitative estimate of drug-likeness (QED) is 0.609. The fraction of sp³-hybridized carbons (Fsp3) is 0.500. The van der Waals surface area contributed by atoms with Crippen LogP contribution in [0.3, 0.4) is 0 Å². The standard InChI is InChI=1S/C12H14ClF3N2O2/c1-8(2)17(7-12(14,15)16)6-9-5-10(18(19)20)3-4-11(9)13/h3-5,8H,6-7H2,1-2H3. The molecule has 0 atom stereocenters. The van der Waals surface area contributed by atoms with E-state index in [2.05, 4.69) is 0 Å². The lowest BCUT2D eigenvalue weighted by Gasteiger charge is -2.27. The summed E-state index contributed by atoms with van der Waals surface area (Å²) in [6.45, 7) is 2.05. The molecule has 4 nitrogen and oxygen atoms in total. The first-order chi connectivity index (χ1) is 9.10. The van der Waals surface area contributed by atoms with E-state index in [4.69, 9.17) is 11.6 Å². The first-order valence-corrected chi connectivity index (χ1v) is 6.21. The lowest BCUT2D eigenvalue weighted by Crippen LogP contribution is -2.38. The highest BCUT2D eigenvalue weighted by Crippen LogP contribution is 2.26. The molecule has 0 unspecified atom stereocenters. The summed E-state index contributed by atoms with van der Waals surface area (Å²) in [7, 11) is 0. The van der Waals surface area contributed by atoms with Gasteiger partial charge in [-0.15, -0.1) is 0 Å². The van der Waals surface area contributed by atoms with Crippen molar-refractivity contribution in [2.45, 2.75) is 32.6 Å². The number of nitro groups is 1. The van der Waals surface area contributed by atoms with Crippen LogP contribution in [-0.2, 0) is 6.54 Å². The van der Waals surface area contributed by atoms with Crippen molar-refractivity contribution in [3.05, 3.63) is 38.9 Å². The minimum atomic E-state index is -4.34. The SMILES string of the molecule is CC(C)N(Cc1cc([N+](=O)[O-])ccc1Cl)CC(F)(F)F. The third kappa shape index (κ3) is 4.97. The molecular formula is C12H14ClF3N2O2. The molecule has 0 aliphatic heterocycles. The van der Waals surface area contributed by atoms with Gasteiger partial charge in [0.05, 0.1) is 11.5 Å². The lowest BCUT2D eigenvalue weighted by atomic mass is 10.1. The van der Waals surface area contributed by atoms with Crippen LogP contribution in [0.25, 0.3) is 0 Å². The maximum atomic E-state index is 12.5. The fourth-order valence-corrected chi connectivity index (χ4v) is 1.84. The smallest absolute Gasteiger partial charge is 0.288 e. The molecule has 0 saturated carbocycles. The van der Waals surface area contributed by atoms with Crippen LogP contribution in [0, 0.1) is 10.1 Å². The third-order valence-corrected chi connectivity index (χ3v) is 3.09. The van der Waals surface area contributed by atoms with E-state index in [1.807, 2.05) is 0 Å². The van der Waals surface area contributed by atoms with Gasteiger partial charge in [0.2, 0.25) is 0 Å². The van der Waals surface area contributed by atoms with Crippen LogP contribution >= 0.6 is 11.6 Å². The molecule has 0 radical (unpaired) electrons. The van der Waals surface area contributed by atoms with Gasteiger partial charge in [-0.2, -0.15) is 13.2 Å². The molecule has 0 heterocycles. The van der Waals surface area contributed by atoms with E-state index >= 15 is 0 Å². The van der Waals surface area contributed by atoms with E-state index in [0.717, 1.165) is 4.90 Å². The third-order valence-electron chi connectivity index (χ3n) is 2.73. The molecule has 0 fully saturated rings. The molecule has 0 bridgehead atoms. The highest BCUT2D eigenvalue weighted by atomic mass is 35.5. The molecule has 20 heavy (non-hydrogen) atoms. The molecule has 0 aliphatic carbocycles. The molecule has 1 aromatic carbocycles. The van der Waals surface area contributed by atoms with Crippen molar-refractivity contribution in [2.75, 3.05) is 6.54 Å². The van der Waals surface area contributed by atoms with E-state index in [1.165, 1.54) is 18.2 Å². The van der Waals surface area contributed by atoms with E-state index in [-0.39, 0.29) is 23.3 Å². The van der Waals surface area contributed by atoms with Crippen molar-refractivity contribution in [2.24, 2.45) is 0 Å². The van der Waals surface area contributed by atoms with E-state index in [1.54, 1.807) is 13.8 Å². The van der Waals surface area contributed by atoms with E-state index in [0.29, 0.717) is 5.56 Å². The monoisotopic (exact) mass is 310 g/mol. The van der Waals surface area contributed by atoms with Crippen molar-refractivity contribution >= 4 is 17.3 Å². The van der Waals surface area contributed by atoms with Gasteiger partial charge in [0.1, 0.15) is 0 Å². The summed E-state index contributed by atoms with van der Waals surface area (Å²) in [5, 5.41) is 10.9. The second-order valence-electron chi connectivity index (χ2n) is 4.65. The highest BCUT2D eigenvalue weighted by Gasteiger charge is 2.32. The van der Waals surface area contributed by atoms with Crippen molar-refractivity contribution in [3.63, 3.8) is 0 Å². The summed E-state index contributed by atoms with van der Waals surface area (Å²) in [6, 6.07) is 3.37. The Kier molecular flexibility index (Phi) is 5.35. The van der Waals surface area contributed by atoms with Gasteiger partial charge < -0.3 is 0 Å². The maximum absolute atomic E-state index is 12.5. The Morgan fingerprint density at radius 1 is 1.40 bits per heavy atom. The van der Waals surface area contributed by atoms with Crippen LogP contribution < -0.4 is 0 Å². The summed E-state index contributed by atoms with van der Waals surface area (Å²) in [6.07, 6.45) is -4.34. The Hall–Kier alpha value is -1.34. The summed E-state index contributed by atoms with van der Waals surface area (Å²) >= 11 is 5.89. The molecule has 0 N–H and O–H groups in total. The molecule has 1 aromatic rings. The van der Waals surface area contributed by atoms with Gasteiger partial charge in [0.25, 0.3) is 5.69 Å². The molecule has 0 amide bonds. The van der Waals surface area contributed by atoms with Crippen LogP contribution in [0.4, 0.5) is 18.9 Å². The summed E-state index contributed by atoms with van der Waals surface area (Å²) in [4.78, 5) is 11.2. The Morgan fingerprint density at radius 2 is 2.00 bits per heavy atom. The Bertz CT molecular complexity index is 492. The molecule has 0 saturated heterocycles. The number of nitrogens with zero attached hydrogens (tertiary/aromatic N) is 2. The minimum Gasteiger partial charge on any atom is -0.288 e.